The Hall–Kier alpha value is -5.39. The van der Waals surface area contributed by atoms with Crippen molar-refractivity contribution >= 4 is 52.7 Å². The first-order chi connectivity index (χ1) is 26.1. The van der Waals surface area contributed by atoms with Crippen LogP contribution in [0, 0.1) is 5.82 Å². The molecule has 54 heavy (non-hydrogen) atoms. The number of methoxy groups -OCH3 is 1. The summed E-state index contributed by atoms with van der Waals surface area (Å²) in [5.74, 6) is -1.33. The first-order valence-electron chi connectivity index (χ1n) is 17.6. The minimum Gasteiger partial charge on any atom is -0.496 e. The van der Waals surface area contributed by atoms with E-state index in [0.717, 1.165) is 45.7 Å². The molecule has 5 aromatic rings. The largest absolute Gasteiger partial charge is 0.496 e. The number of aldehydes is 1. The van der Waals surface area contributed by atoms with E-state index in [1.54, 1.807) is 12.1 Å². The number of ether oxygens (including phenoxy) is 3. The molecule has 2 heterocycles. The molecule has 0 bridgehead atoms. The minimum absolute atomic E-state index is 0.0272. The van der Waals surface area contributed by atoms with Gasteiger partial charge in [0.15, 0.2) is 17.9 Å². The Morgan fingerprint density at radius 2 is 1.80 bits per heavy atom. The number of carbonyl (C=O) groups excluding carboxylic acids is 3. The van der Waals surface area contributed by atoms with Crippen LogP contribution in [0.4, 0.5) is 15.8 Å². The van der Waals surface area contributed by atoms with Crippen LogP contribution in [0.2, 0.25) is 10.0 Å². The number of carbonyl (C=O) groups is 3. The molecule has 1 atom stereocenters. The van der Waals surface area contributed by atoms with Crippen LogP contribution in [-0.2, 0) is 31.2 Å². The van der Waals surface area contributed by atoms with Gasteiger partial charge < -0.3 is 29.0 Å². The molecule has 2 aliphatic rings. The average molecular weight is 772 g/mol. The Morgan fingerprint density at radius 3 is 2.57 bits per heavy atom. The SMILES string of the molecule is CCCOC(=O)c1ccccc1N1CCc2c(nc(C(=O)Nc3cccc(-c4cccc5c4CCC5Oc4cc(OC)c(C=O)c(F)c4Cl)c3Cl)n2C)C1. The highest BCUT2D eigenvalue weighted by Gasteiger charge is 2.31. The zero-order valence-electron chi connectivity index (χ0n) is 29.9. The first kappa shape index (κ1) is 36.9. The second-order valence-electron chi connectivity index (χ2n) is 13.1. The third-order valence-corrected chi connectivity index (χ3v) is 10.7. The zero-order chi connectivity index (χ0) is 38.1. The van der Waals surface area contributed by atoms with Gasteiger partial charge in [-0.05, 0) is 54.2 Å². The number of nitrogens with one attached hydrogen (secondary N) is 1. The molecule has 7 rings (SSSR count). The van der Waals surface area contributed by atoms with Gasteiger partial charge >= 0.3 is 5.97 Å². The lowest BCUT2D eigenvalue weighted by Crippen LogP contribution is -2.32. The molecule has 4 aromatic carbocycles. The Labute approximate surface area is 321 Å². The highest BCUT2D eigenvalue weighted by atomic mass is 35.5. The Kier molecular flexibility index (Phi) is 10.6. The van der Waals surface area contributed by atoms with Crippen molar-refractivity contribution in [2.24, 2.45) is 7.05 Å². The van der Waals surface area contributed by atoms with Crippen LogP contribution in [0.15, 0.2) is 66.7 Å². The van der Waals surface area contributed by atoms with Gasteiger partial charge in [0.1, 0.15) is 22.6 Å². The number of esters is 1. The number of hydrogen-bond donors (Lipinski definition) is 1. The summed E-state index contributed by atoms with van der Waals surface area (Å²) in [4.78, 5) is 44.9. The van der Waals surface area contributed by atoms with E-state index < -0.39 is 17.8 Å². The Balaban J connectivity index is 1.11. The van der Waals surface area contributed by atoms with Crippen molar-refractivity contribution in [2.45, 2.75) is 45.3 Å². The first-order valence-corrected chi connectivity index (χ1v) is 18.4. The minimum atomic E-state index is -0.904. The average Bonchev–Trinajstić information content (AvgIpc) is 3.76. The number of nitrogens with zero attached hydrogens (tertiary/aromatic N) is 3. The lowest BCUT2D eigenvalue weighted by Gasteiger charge is -2.30. The summed E-state index contributed by atoms with van der Waals surface area (Å²) in [6.45, 7) is 3.36. The summed E-state index contributed by atoms with van der Waals surface area (Å²) >= 11 is 13.3. The van der Waals surface area contributed by atoms with Gasteiger partial charge in [0.2, 0.25) is 0 Å². The van der Waals surface area contributed by atoms with E-state index in [2.05, 4.69) is 10.2 Å². The molecule has 10 nitrogen and oxygen atoms in total. The van der Waals surface area contributed by atoms with Gasteiger partial charge in [-0.2, -0.15) is 0 Å². The number of anilines is 2. The molecule has 278 valence electrons. The van der Waals surface area contributed by atoms with Crippen LogP contribution < -0.4 is 19.7 Å². The van der Waals surface area contributed by atoms with Crippen LogP contribution in [0.3, 0.4) is 0 Å². The fourth-order valence-electron chi connectivity index (χ4n) is 7.25. The number of aromatic nitrogens is 2. The van der Waals surface area contributed by atoms with E-state index in [1.165, 1.54) is 13.2 Å². The number of amides is 1. The molecule has 0 saturated carbocycles. The van der Waals surface area contributed by atoms with Crippen LogP contribution in [0.5, 0.6) is 11.5 Å². The van der Waals surface area contributed by atoms with Gasteiger partial charge in [0.25, 0.3) is 5.91 Å². The summed E-state index contributed by atoms with van der Waals surface area (Å²) in [7, 11) is 3.16. The van der Waals surface area contributed by atoms with E-state index >= 15 is 0 Å². The molecule has 13 heteroatoms. The lowest BCUT2D eigenvalue weighted by molar-refractivity contribution is 0.0505. The van der Waals surface area contributed by atoms with E-state index in [0.29, 0.717) is 61.5 Å². The number of hydrogen-bond acceptors (Lipinski definition) is 8. The molecular formula is C41H37Cl2FN4O6. The Morgan fingerprint density at radius 1 is 1.02 bits per heavy atom. The monoisotopic (exact) mass is 770 g/mol. The number of para-hydroxylation sites is 1. The fraction of sp³-hybridized carbons (Fsp3) is 0.268. The highest BCUT2D eigenvalue weighted by molar-refractivity contribution is 6.36. The molecular weight excluding hydrogens is 734 g/mol. The molecule has 1 N–H and O–H groups in total. The number of rotatable bonds is 11. The number of imidazole rings is 1. The lowest BCUT2D eigenvalue weighted by atomic mass is 9.96. The zero-order valence-corrected chi connectivity index (χ0v) is 31.4. The van der Waals surface area contributed by atoms with Crippen LogP contribution in [-0.4, -0.2) is 48.0 Å². The fourth-order valence-corrected chi connectivity index (χ4v) is 7.73. The second kappa shape index (κ2) is 15.5. The third kappa shape index (κ3) is 6.78. The van der Waals surface area contributed by atoms with Crippen molar-refractivity contribution in [2.75, 3.05) is 30.5 Å². The Bertz CT molecular complexity index is 2290. The quantitative estimate of drug-likeness (QED) is 0.105. The smallest absolute Gasteiger partial charge is 0.340 e. The van der Waals surface area contributed by atoms with Crippen molar-refractivity contribution in [3.63, 3.8) is 0 Å². The van der Waals surface area contributed by atoms with Crippen molar-refractivity contribution in [3.8, 4) is 22.6 Å². The standard InChI is InChI=1S/C41H37Cl2FN4O6/c1-4-19-53-41(51)27-9-5-6-14-31(27)48-18-17-32-30(21-48)45-39(47(32)2)40(50)46-29-13-8-12-26(36(29)42)23-10-7-11-25-24(23)15-16-33(25)54-35-20-34(52-3)28(22-49)38(44)37(35)43/h5-14,20,22,33H,4,15-19,21H2,1-3H3,(H,46,50). The number of fused-ring (bicyclic) bond motifs is 2. The van der Waals surface area contributed by atoms with Gasteiger partial charge in [0, 0.05) is 37.3 Å². The van der Waals surface area contributed by atoms with Crippen molar-refractivity contribution in [1.29, 1.82) is 0 Å². The molecule has 1 aliphatic carbocycles. The molecule has 1 aromatic heterocycles. The number of benzene rings is 4. The van der Waals surface area contributed by atoms with Crippen molar-refractivity contribution < 1.29 is 33.0 Å². The van der Waals surface area contributed by atoms with Crippen LogP contribution in [0.25, 0.3) is 11.1 Å². The van der Waals surface area contributed by atoms with Gasteiger partial charge in [-0.3, -0.25) is 9.59 Å². The third-order valence-electron chi connectivity index (χ3n) is 9.89. The molecule has 0 fully saturated rings. The topological polar surface area (TPSA) is 112 Å². The molecule has 1 aliphatic heterocycles. The normalized spacial score (nSPS) is 14.6. The van der Waals surface area contributed by atoms with E-state index in [1.807, 2.05) is 67.1 Å². The molecule has 0 saturated heterocycles. The van der Waals surface area contributed by atoms with Gasteiger partial charge in [-0.15, -0.1) is 0 Å². The van der Waals surface area contributed by atoms with E-state index in [9.17, 15) is 18.8 Å². The maximum Gasteiger partial charge on any atom is 0.340 e. The van der Waals surface area contributed by atoms with Gasteiger partial charge in [0.05, 0.1) is 53.5 Å². The summed E-state index contributed by atoms with van der Waals surface area (Å²) in [6, 6.07) is 20.0. The van der Waals surface area contributed by atoms with E-state index in [-0.39, 0.29) is 33.9 Å². The van der Waals surface area contributed by atoms with Gasteiger partial charge in [-0.25, -0.2) is 14.2 Å². The van der Waals surface area contributed by atoms with Crippen LogP contribution in [0.1, 0.15) is 79.7 Å². The van der Waals surface area contributed by atoms with Crippen molar-refractivity contribution in [3.05, 3.63) is 122 Å². The maximum atomic E-state index is 14.9. The summed E-state index contributed by atoms with van der Waals surface area (Å²) in [6.07, 6.45) is 2.51. The number of halogens is 3. The molecule has 0 radical (unpaired) electrons. The van der Waals surface area contributed by atoms with Gasteiger partial charge in [-0.1, -0.05) is 72.6 Å². The van der Waals surface area contributed by atoms with Crippen molar-refractivity contribution in [1.82, 2.24) is 9.55 Å². The predicted octanol–water partition coefficient (Wildman–Crippen LogP) is 8.80. The molecule has 0 spiro atoms. The van der Waals surface area contributed by atoms with Crippen LogP contribution >= 0.6 is 23.2 Å². The summed E-state index contributed by atoms with van der Waals surface area (Å²) < 4.78 is 33.5. The summed E-state index contributed by atoms with van der Waals surface area (Å²) in [5, 5.41) is 3.04. The highest BCUT2D eigenvalue weighted by Crippen LogP contribution is 2.45. The second-order valence-corrected chi connectivity index (χ2v) is 13.8. The summed E-state index contributed by atoms with van der Waals surface area (Å²) in [5.41, 5.74) is 6.60. The molecule has 1 unspecified atom stereocenters. The molecule has 1 amide bonds. The predicted molar refractivity (Wildman–Crippen MR) is 205 cm³/mol. The van der Waals surface area contributed by atoms with E-state index in [4.69, 9.17) is 42.4 Å². The maximum absolute atomic E-state index is 14.9.